The van der Waals surface area contributed by atoms with E-state index in [4.69, 9.17) is 5.73 Å². The predicted octanol–water partition coefficient (Wildman–Crippen LogP) is 2.14. The van der Waals surface area contributed by atoms with Crippen LogP contribution in [0.2, 0.25) is 0 Å². The normalized spacial score (nSPS) is 17.5. The number of anilines is 1. The Bertz CT molecular complexity index is 468. The number of rotatable bonds is 2. The standard InChI is InChI=1S/C14H20BrN3O/c1-10(16)13-4-3-12(15)9-14(13)18-7-5-17(6-8-18)11(2)19/h3-4,9-10H,5-8,16H2,1-2H3. The molecule has 2 N–H and O–H groups in total. The third-order valence-corrected chi connectivity index (χ3v) is 4.04. The van der Waals surface area contributed by atoms with Gasteiger partial charge in [-0.15, -0.1) is 0 Å². The van der Waals surface area contributed by atoms with E-state index in [9.17, 15) is 4.79 Å². The van der Waals surface area contributed by atoms with Crippen molar-refractivity contribution in [2.45, 2.75) is 19.9 Å². The molecule has 0 aromatic heterocycles. The largest absolute Gasteiger partial charge is 0.368 e. The Morgan fingerprint density at radius 1 is 1.32 bits per heavy atom. The van der Waals surface area contributed by atoms with Gasteiger partial charge in [-0.3, -0.25) is 4.79 Å². The zero-order chi connectivity index (χ0) is 14.0. The molecule has 5 heteroatoms. The summed E-state index contributed by atoms with van der Waals surface area (Å²) in [5.74, 6) is 0.154. The number of hydrogen-bond acceptors (Lipinski definition) is 3. The van der Waals surface area contributed by atoms with Crippen molar-refractivity contribution in [3.05, 3.63) is 28.2 Å². The molecule has 1 aliphatic rings. The number of hydrogen-bond donors (Lipinski definition) is 1. The molecule has 19 heavy (non-hydrogen) atoms. The van der Waals surface area contributed by atoms with Crippen molar-refractivity contribution in [1.82, 2.24) is 4.90 Å². The second-order valence-electron chi connectivity index (χ2n) is 4.98. The van der Waals surface area contributed by atoms with Crippen LogP contribution in [0.5, 0.6) is 0 Å². The van der Waals surface area contributed by atoms with Gasteiger partial charge in [0.15, 0.2) is 0 Å². The zero-order valence-corrected chi connectivity index (χ0v) is 13.0. The SMILES string of the molecule is CC(=O)N1CCN(c2cc(Br)ccc2C(C)N)CC1. The van der Waals surface area contributed by atoms with Gasteiger partial charge < -0.3 is 15.5 Å². The van der Waals surface area contributed by atoms with Crippen molar-refractivity contribution >= 4 is 27.5 Å². The first kappa shape index (κ1) is 14.3. The molecule has 0 saturated carbocycles. The molecule has 1 atom stereocenters. The predicted molar refractivity (Wildman–Crippen MR) is 81.2 cm³/mol. The van der Waals surface area contributed by atoms with Crippen molar-refractivity contribution in [1.29, 1.82) is 0 Å². The lowest BCUT2D eigenvalue weighted by molar-refractivity contribution is -0.129. The van der Waals surface area contributed by atoms with Gasteiger partial charge in [-0.2, -0.15) is 0 Å². The minimum atomic E-state index is 0.00827. The average molecular weight is 326 g/mol. The van der Waals surface area contributed by atoms with Crippen LogP contribution < -0.4 is 10.6 Å². The summed E-state index contributed by atoms with van der Waals surface area (Å²) in [7, 11) is 0. The highest BCUT2D eigenvalue weighted by Crippen LogP contribution is 2.29. The molecule has 1 fully saturated rings. The maximum atomic E-state index is 11.4. The average Bonchev–Trinajstić information content (AvgIpc) is 2.38. The van der Waals surface area contributed by atoms with Crippen LogP contribution in [0.4, 0.5) is 5.69 Å². The van der Waals surface area contributed by atoms with Crippen molar-refractivity contribution in [2.75, 3.05) is 31.1 Å². The lowest BCUT2D eigenvalue weighted by atomic mass is 10.1. The Balaban J connectivity index is 2.19. The van der Waals surface area contributed by atoms with Gasteiger partial charge in [-0.05, 0) is 24.6 Å². The van der Waals surface area contributed by atoms with Crippen LogP contribution in [0.25, 0.3) is 0 Å². The molecular formula is C14H20BrN3O. The fourth-order valence-corrected chi connectivity index (χ4v) is 2.79. The van der Waals surface area contributed by atoms with Gasteiger partial charge in [0.25, 0.3) is 0 Å². The monoisotopic (exact) mass is 325 g/mol. The van der Waals surface area contributed by atoms with Gasteiger partial charge >= 0.3 is 0 Å². The van der Waals surface area contributed by atoms with Crippen LogP contribution in [-0.2, 0) is 4.79 Å². The molecule has 1 heterocycles. The van der Waals surface area contributed by atoms with E-state index in [1.807, 2.05) is 17.9 Å². The van der Waals surface area contributed by atoms with E-state index in [1.165, 1.54) is 5.69 Å². The van der Waals surface area contributed by atoms with Gasteiger partial charge in [-0.1, -0.05) is 22.0 Å². The minimum absolute atomic E-state index is 0.00827. The highest BCUT2D eigenvalue weighted by atomic mass is 79.9. The van der Waals surface area contributed by atoms with Gasteiger partial charge in [0.1, 0.15) is 0 Å². The molecule has 0 spiro atoms. The lowest BCUT2D eigenvalue weighted by Gasteiger charge is -2.37. The van der Waals surface area contributed by atoms with Crippen LogP contribution in [0.1, 0.15) is 25.5 Å². The molecule has 0 bridgehead atoms. The molecule has 4 nitrogen and oxygen atoms in total. The maximum absolute atomic E-state index is 11.4. The number of nitrogens with two attached hydrogens (primary N) is 1. The van der Waals surface area contributed by atoms with Gasteiger partial charge in [-0.25, -0.2) is 0 Å². The van der Waals surface area contributed by atoms with E-state index >= 15 is 0 Å². The van der Waals surface area contributed by atoms with Crippen molar-refractivity contribution in [2.24, 2.45) is 5.73 Å². The number of carbonyl (C=O) groups is 1. The van der Waals surface area contributed by atoms with Crippen molar-refractivity contribution in [3.63, 3.8) is 0 Å². The summed E-state index contributed by atoms with van der Waals surface area (Å²) in [6, 6.07) is 6.21. The van der Waals surface area contributed by atoms with Crippen LogP contribution in [0.15, 0.2) is 22.7 Å². The number of nitrogens with zero attached hydrogens (tertiary/aromatic N) is 2. The van der Waals surface area contributed by atoms with Crippen LogP contribution in [0.3, 0.4) is 0 Å². The Labute approximate surface area is 122 Å². The Morgan fingerprint density at radius 2 is 1.95 bits per heavy atom. The molecule has 0 aliphatic carbocycles. The number of benzene rings is 1. The highest BCUT2D eigenvalue weighted by Gasteiger charge is 2.21. The van der Waals surface area contributed by atoms with Crippen LogP contribution in [0, 0.1) is 0 Å². The summed E-state index contributed by atoms with van der Waals surface area (Å²) in [6.45, 7) is 6.90. The van der Waals surface area contributed by atoms with E-state index < -0.39 is 0 Å². The zero-order valence-electron chi connectivity index (χ0n) is 11.4. The quantitative estimate of drug-likeness (QED) is 0.906. The lowest BCUT2D eigenvalue weighted by Crippen LogP contribution is -2.48. The first-order chi connectivity index (χ1) is 8.99. The van der Waals surface area contributed by atoms with Gasteiger partial charge in [0, 0.05) is 49.3 Å². The van der Waals surface area contributed by atoms with Crippen LogP contribution >= 0.6 is 15.9 Å². The van der Waals surface area contributed by atoms with E-state index in [1.54, 1.807) is 6.92 Å². The Kier molecular flexibility index (Phi) is 4.47. The van der Waals surface area contributed by atoms with E-state index in [0.717, 1.165) is 36.2 Å². The number of piperazine rings is 1. The molecule has 104 valence electrons. The first-order valence-corrected chi connectivity index (χ1v) is 7.34. The second kappa shape index (κ2) is 5.92. The highest BCUT2D eigenvalue weighted by molar-refractivity contribution is 9.10. The summed E-state index contributed by atoms with van der Waals surface area (Å²) in [5, 5.41) is 0. The van der Waals surface area contributed by atoms with Gasteiger partial charge in [0.2, 0.25) is 5.91 Å². The minimum Gasteiger partial charge on any atom is -0.368 e. The number of carbonyl (C=O) groups excluding carboxylic acids is 1. The first-order valence-electron chi connectivity index (χ1n) is 6.54. The van der Waals surface area contributed by atoms with Gasteiger partial charge in [0.05, 0.1) is 0 Å². The third-order valence-electron chi connectivity index (χ3n) is 3.55. The summed E-state index contributed by atoms with van der Waals surface area (Å²) in [4.78, 5) is 15.5. The molecule has 0 radical (unpaired) electrons. The molecule has 1 aromatic rings. The van der Waals surface area contributed by atoms with Crippen LogP contribution in [-0.4, -0.2) is 37.0 Å². The molecule has 1 unspecified atom stereocenters. The fraction of sp³-hybridized carbons (Fsp3) is 0.500. The number of amides is 1. The third kappa shape index (κ3) is 3.28. The molecule has 1 saturated heterocycles. The molecule has 1 aromatic carbocycles. The number of halogens is 1. The smallest absolute Gasteiger partial charge is 0.219 e. The van der Waals surface area contributed by atoms with E-state index in [2.05, 4.69) is 33.0 Å². The van der Waals surface area contributed by atoms with E-state index in [-0.39, 0.29) is 11.9 Å². The fourth-order valence-electron chi connectivity index (χ4n) is 2.44. The Morgan fingerprint density at radius 3 is 2.47 bits per heavy atom. The second-order valence-corrected chi connectivity index (χ2v) is 5.90. The molecular weight excluding hydrogens is 306 g/mol. The molecule has 1 amide bonds. The summed E-state index contributed by atoms with van der Waals surface area (Å²) in [5.41, 5.74) is 8.37. The molecule has 1 aliphatic heterocycles. The Hall–Kier alpha value is -1.07. The maximum Gasteiger partial charge on any atom is 0.219 e. The van der Waals surface area contributed by atoms with Crippen molar-refractivity contribution in [3.8, 4) is 0 Å². The molecule has 2 rings (SSSR count). The van der Waals surface area contributed by atoms with E-state index in [0.29, 0.717) is 0 Å². The topological polar surface area (TPSA) is 49.6 Å². The van der Waals surface area contributed by atoms with Crippen molar-refractivity contribution < 1.29 is 4.79 Å². The summed E-state index contributed by atoms with van der Waals surface area (Å²) in [6.07, 6.45) is 0. The summed E-state index contributed by atoms with van der Waals surface area (Å²) >= 11 is 3.52. The summed E-state index contributed by atoms with van der Waals surface area (Å²) < 4.78 is 1.06.